The first-order chi connectivity index (χ1) is 11.6. The highest BCUT2D eigenvalue weighted by Gasteiger charge is 2.19. The van der Waals surface area contributed by atoms with Crippen LogP contribution >= 0.6 is 15.9 Å². The second kappa shape index (κ2) is 7.61. The fourth-order valence-electron chi connectivity index (χ4n) is 2.68. The number of benzene rings is 1. The maximum atomic E-state index is 6.18. The second-order valence-corrected chi connectivity index (χ2v) is 6.65. The largest absolute Gasteiger partial charge is 0.370 e. The van der Waals surface area contributed by atoms with Crippen molar-refractivity contribution in [3.63, 3.8) is 0 Å². The topological polar surface area (TPSA) is 70.6 Å². The Hall–Kier alpha value is -2.15. The van der Waals surface area contributed by atoms with Crippen molar-refractivity contribution in [2.24, 2.45) is 10.7 Å². The summed E-state index contributed by atoms with van der Waals surface area (Å²) in [5.74, 6) is 1.37. The number of aliphatic imine (C=N–C) groups is 1. The number of nitrogens with two attached hydrogens (primary N) is 1. The molecule has 3 rings (SSSR count). The molecule has 0 radical (unpaired) electrons. The molecule has 0 aliphatic carbocycles. The smallest absolute Gasteiger partial charge is 0.225 e. The van der Waals surface area contributed by atoms with E-state index in [1.165, 1.54) is 5.56 Å². The predicted octanol–water partition coefficient (Wildman–Crippen LogP) is 2.18. The summed E-state index contributed by atoms with van der Waals surface area (Å²) >= 11 is 3.57. The van der Waals surface area contributed by atoms with E-state index in [9.17, 15) is 0 Å². The van der Waals surface area contributed by atoms with Gasteiger partial charge in [-0.05, 0) is 24.6 Å². The molecule has 0 atom stereocenters. The van der Waals surface area contributed by atoms with Crippen molar-refractivity contribution in [2.75, 3.05) is 31.1 Å². The van der Waals surface area contributed by atoms with Crippen molar-refractivity contribution in [3.8, 4) is 0 Å². The molecule has 0 bridgehead atoms. The maximum absolute atomic E-state index is 6.18. The summed E-state index contributed by atoms with van der Waals surface area (Å²) in [7, 11) is 0. The summed E-state index contributed by atoms with van der Waals surface area (Å²) in [5, 5.41) is 0. The molecule has 1 aromatic carbocycles. The van der Waals surface area contributed by atoms with Crippen LogP contribution in [0.15, 0.2) is 46.1 Å². The third-order valence-corrected chi connectivity index (χ3v) is 4.82. The zero-order valence-electron chi connectivity index (χ0n) is 13.7. The van der Waals surface area contributed by atoms with Gasteiger partial charge >= 0.3 is 0 Å². The van der Waals surface area contributed by atoms with Gasteiger partial charge in [0.1, 0.15) is 0 Å². The Bertz CT molecular complexity index is 710. The van der Waals surface area contributed by atoms with Crippen molar-refractivity contribution in [2.45, 2.75) is 13.5 Å². The number of aryl methyl sites for hydroxylation is 1. The summed E-state index contributed by atoms with van der Waals surface area (Å²) < 4.78 is 1.07. The fraction of sp³-hybridized carbons (Fsp3) is 0.353. The van der Waals surface area contributed by atoms with Gasteiger partial charge in [0.25, 0.3) is 0 Å². The molecule has 6 nitrogen and oxygen atoms in total. The molecule has 1 aromatic heterocycles. The van der Waals surface area contributed by atoms with Crippen molar-refractivity contribution >= 4 is 27.8 Å². The summed E-state index contributed by atoms with van der Waals surface area (Å²) in [6, 6.07) is 8.08. The number of halogens is 1. The van der Waals surface area contributed by atoms with Crippen LogP contribution in [0.4, 0.5) is 5.95 Å². The molecule has 2 aromatic rings. The molecule has 1 aliphatic rings. The van der Waals surface area contributed by atoms with E-state index in [1.54, 1.807) is 12.4 Å². The highest BCUT2D eigenvalue weighted by molar-refractivity contribution is 9.10. The molecule has 2 N–H and O–H groups in total. The van der Waals surface area contributed by atoms with Crippen LogP contribution in [0.1, 0.15) is 11.1 Å². The molecule has 0 spiro atoms. The van der Waals surface area contributed by atoms with Crippen LogP contribution in [-0.2, 0) is 6.54 Å². The average molecular weight is 389 g/mol. The summed E-state index contributed by atoms with van der Waals surface area (Å²) in [5.41, 5.74) is 8.55. The number of nitrogens with zero attached hydrogens (tertiary/aromatic N) is 5. The minimum Gasteiger partial charge on any atom is -0.370 e. The second-order valence-electron chi connectivity index (χ2n) is 5.79. The first-order valence-electron chi connectivity index (χ1n) is 7.95. The Morgan fingerprint density at radius 1 is 1.21 bits per heavy atom. The van der Waals surface area contributed by atoms with Gasteiger partial charge in [0.15, 0.2) is 5.96 Å². The molecule has 0 amide bonds. The molecule has 0 unspecified atom stereocenters. The van der Waals surface area contributed by atoms with Gasteiger partial charge in [-0.3, -0.25) is 0 Å². The third kappa shape index (κ3) is 4.03. The Morgan fingerprint density at radius 2 is 1.92 bits per heavy atom. The van der Waals surface area contributed by atoms with E-state index >= 15 is 0 Å². The van der Waals surface area contributed by atoms with Crippen molar-refractivity contribution in [1.82, 2.24) is 14.9 Å². The first-order valence-corrected chi connectivity index (χ1v) is 8.74. The zero-order chi connectivity index (χ0) is 16.9. The van der Waals surface area contributed by atoms with Gasteiger partial charge in [0.2, 0.25) is 5.95 Å². The predicted molar refractivity (Wildman–Crippen MR) is 100 cm³/mol. The van der Waals surface area contributed by atoms with Crippen LogP contribution in [0.3, 0.4) is 0 Å². The number of piperazine rings is 1. The minimum atomic E-state index is 0.579. The van der Waals surface area contributed by atoms with Gasteiger partial charge in [-0.25, -0.2) is 15.0 Å². The van der Waals surface area contributed by atoms with Gasteiger partial charge < -0.3 is 15.5 Å². The lowest BCUT2D eigenvalue weighted by atomic mass is 10.1. The Kier molecular flexibility index (Phi) is 5.30. The normalized spacial score (nSPS) is 15.7. The molecule has 1 aliphatic heterocycles. The Balaban J connectivity index is 1.58. The highest BCUT2D eigenvalue weighted by Crippen LogP contribution is 2.19. The van der Waals surface area contributed by atoms with E-state index in [-0.39, 0.29) is 0 Å². The van der Waals surface area contributed by atoms with E-state index in [2.05, 4.69) is 65.8 Å². The Morgan fingerprint density at radius 3 is 2.62 bits per heavy atom. The highest BCUT2D eigenvalue weighted by atomic mass is 79.9. The molecular weight excluding hydrogens is 368 g/mol. The maximum Gasteiger partial charge on any atom is 0.225 e. The molecule has 7 heteroatoms. The molecule has 126 valence electrons. The zero-order valence-corrected chi connectivity index (χ0v) is 15.3. The van der Waals surface area contributed by atoms with Crippen LogP contribution in [-0.4, -0.2) is 47.0 Å². The monoisotopic (exact) mass is 388 g/mol. The van der Waals surface area contributed by atoms with Crippen molar-refractivity contribution in [3.05, 3.63) is 52.3 Å². The number of hydrogen-bond acceptors (Lipinski definition) is 4. The average Bonchev–Trinajstić information content (AvgIpc) is 2.63. The molecular formula is C17H21BrN6. The van der Waals surface area contributed by atoms with Gasteiger partial charge in [0.05, 0.1) is 6.54 Å². The van der Waals surface area contributed by atoms with Gasteiger partial charge in [-0.1, -0.05) is 33.6 Å². The summed E-state index contributed by atoms with van der Waals surface area (Å²) in [4.78, 5) is 17.4. The summed E-state index contributed by atoms with van der Waals surface area (Å²) in [6.07, 6.45) is 3.54. The van der Waals surface area contributed by atoms with E-state index in [1.807, 2.05) is 6.07 Å². The molecule has 2 heterocycles. The summed E-state index contributed by atoms with van der Waals surface area (Å²) in [6.45, 7) is 5.98. The quantitative estimate of drug-likeness (QED) is 0.644. The molecule has 24 heavy (non-hydrogen) atoms. The Labute approximate surface area is 150 Å². The van der Waals surface area contributed by atoms with Crippen LogP contribution in [0.25, 0.3) is 0 Å². The SMILES string of the molecule is Cc1ccc(Br)c(CN=C(N)N2CCN(c3ncccn3)CC2)c1. The number of aromatic nitrogens is 2. The van der Waals surface area contributed by atoms with Gasteiger partial charge in [-0.2, -0.15) is 0 Å². The lowest BCUT2D eigenvalue weighted by Crippen LogP contribution is -2.51. The van der Waals surface area contributed by atoms with E-state index in [0.717, 1.165) is 42.2 Å². The van der Waals surface area contributed by atoms with Gasteiger partial charge in [0, 0.05) is 43.0 Å². The molecule has 0 saturated carbocycles. The van der Waals surface area contributed by atoms with Crippen molar-refractivity contribution in [1.29, 1.82) is 0 Å². The third-order valence-electron chi connectivity index (χ3n) is 4.05. The standard InChI is InChI=1S/C17H21BrN6/c1-13-3-4-15(18)14(11-13)12-22-16(19)23-7-9-24(10-8-23)17-20-5-2-6-21-17/h2-6,11H,7-10,12H2,1H3,(H2,19,22). The van der Waals surface area contributed by atoms with E-state index in [0.29, 0.717) is 12.5 Å². The first kappa shape index (κ1) is 16.7. The number of rotatable bonds is 3. The minimum absolute atomic E-state index is 0.579. The van der Waals surface area contributed by atoms with Crippen LogP contribution < -0.4 is 10.6 Å². The lowest BCUT2D eigenvalue weighted by Gasteiger charge is -2.35. The number of anilines is 1. The fourth-order valence-corrected chi connectivity index (χ4v) is 3.05. The number of hydrogen-bond donors (Lipinski definition) is 1. The van der Waals surface area contributed by atoms with E-state index in [4.69, 9.17) is 5.73 Å². The van der Waals surface area contributed by atoms with E-state index < -0.39 is 0 Å². The van der Waals surface area contributed by atoms with Gasteiger partial charge in [-0.15, -0.1) is 0 Å². The van der Waals surface area contributed by atoms with Crippen LogP contribution in [0.2, 0.25) is 0 Å². The lowest BCUT2D eigenvalue weighted by molar-refractivity contribution is 0.378. The van der Waals surface area contributed by atoms with Crippen LogP contribution in [0, 0.1) is 6.92 Å². The molecule has 1 fully saturated rings. The van der Waals surface area contributed by atoms with Crippen molar-refractivity contribution < 1.29 is 0 Å². The van der Waals surface area contributed by atoms with Crippen LogP contribution in [0.5, 0.6) is 0 Å². The molecule has 1 saturated heterocycles. The number of guanidine groups is 1.